The van der Waals surface area contributed by atoms with Crippen molar-refractivity contribution in [1.29, 1.82) is 0 Å². The van der Waals surface area contributed by atoms with E-state index in [1.807, 2.05) is 13.1 Å². The van der Waals surface area contributed by atoms with Gasteiger partial charge in [-0.15, -0.1) is 0 Å². The van der Waals surface area contributed by atoms with Gasteiger partial charge in [-0.05, 0) is 66.8 Å². The van der Waals surface area contributed by atoms with Crippen molar-refractivity contribution < 1.29 is 9.53 Å². The number of benzene rings is 1. The molecule has 4 aliphatic rings. The Hall–Kier alpha value is -1.35. The third kappa shape index (κ3) is 2.98. The molecule has 0 spiro atoms. The first-order chi connectivity index (χ1) is 14.3. The van der Waals surface area contributed by atoms with E-state index in [-0.39, 0.29) is 17.4 Å². The van der Waals surface area contributed by atoms with E-state index in [2.05, 4.69) is 49.9 Å². The molecule has 8 atom stereocenters. The molecule has 1 heterocycles. The van der Waals surface area contributed by atoms with E-state index in [0.717, 1.165) is 18.3 Å². The number of rotatable bonds is 3. The van der Waals surface area contributed by atoms with Gasteiger partial charge < -0.3 is 9.64 Å². The summed E-state index contributed by atoms with van der Waals surface area (Å²) in [5, 5.41) is 0. The molecule has 0 bridgehead atoms. The van der Waals surface area contributed by atoms with Crippen molar-refractivity contribution in [2.24, 2.45) is 34.5 Å². The van der Waals surface area contributed by atoms with Crippen LogP contribution in [-0.4, -0.2) is 30.0 Å². The summed E-state index contributed by atoms with van der Waals surface area (Å²) in [5.74, 6) is 3.28. The van der Waals surface area contributed by atoms with Gasteiger partial charge in [0.25, 0.3) is 0 Å². The zero-order valence-corrected chi connectivity index (χ0v) is 19.3. The number of hydrogen-bond acceptors (Lipinski definition) is 2. The molecular weight excluding hydrogens is 370 g/mol. The molecule has 3 aliphatic carbocycles. The van der Waals surface area contributed by atoms with Gasteiger partial charge in [0.05, 0.1) is 19.1 Å². The molecule has 3 nitrogen and oxygen atoms in total. The molecule has 1 amide bonds. The number of hydrogen-bond donors (Lipinski definition) is 0. The minimum atomic E-state index is 0.0252. The number of amides is 1. The van der Waals surface area contributed by atoms with Crippen LogP contribution in [-0.2, 0) is 16.1 Å². The van der Waals surface area contributed by atoms with Crippen molar-refractivity contribution >= 4 is 5.91 Å². The third-order valence-electron chi connectivity index (χ3n) is 10.1. The van der Waals surface area contributed by atoms with E-state index < -0.39 is 0 Å². The van der Waals surface area contributed by atoms with Crippen LogP contribution in [0.2, 0.25) is 0 Å². The lowest BCUT2D eigenvalue weighted by molar-refractivity contribution is -0.207. The van der Waals surface area contributed by atoms with Crippen molar-refractivity contribution in [1.82, 2.24) is 4.90 Å². The fourth-order valence-corrected chi connectivity index (χ4v) is 8.45. The highest BCUT2D eigenvalue weighted by Gasteiger charge is 2.64. The van der Waals surface area contributed by atoms with Crippen LogP contribution in [0.15, 0.2) is 30.3 Å². The van der Waals surface area contributed by atoms with Gasteiger partial charge in [0.15, 0.2) is 0 Å². The van der Waals surface area contributed by atoms with Crippen LogP contribution >= 0.6 is 0 Å². The number of fused-ring (bicyclic) bond motifs is 5. The summed E-state index contributed by atoms with van der Waals surface area (Å²) in [4.78, 5) is 15.1. The van der Waals surface area contributed by atoms with Crippen LogP contribution in [0.4, 0.5) is 0 Å². The molecule has 3 saturated carbocycles. The second-order valence-corrected chi connectivity index (χ2v) is 11.5. The summed E-state index contributed by atoms with van der Waals surface area (Å²) in [5.41, 5.74) is 1.81. The Morgan fingerprint density at radius 2 is 1.87 bits per heavy atom. The number of carbonyl (C=O) groups excluding carboxylic acids is 1. The van der Waals surface area contributed by atoms with Crippen LogP contribution < -0.4 is 0 Å². The first kappa shape index (κ1) is 20.5. The average molecular weight is 410 g/mol. The Bertz CT molecular complexity index is 793. The monoisotopic (exact) mass is 409 g/mol. The SMILES string of the molecule is CC1CC2N(C)C(=O)CC(OCc3ccccc3)[C@]2(C)[C@@H]2CC[C@]3(C)CCC[C@H]3[C@H]12. The van der Waals surface area contributed by atoms with Gasteiger partial charge in [-0.1, -0.05) is 57.5 Å². The van der Waals surface area contributed by atoms with E-state index in [4.69, 9.17) is 4.74 Å². The summed E-state index contributed by atoms with van der Waals surface area (Å²) in [6, 6.07) is 10.8. The molecule has 0 radical (unpaired) electrons. The maximum Gasteiger partial charge on any atom is 0.225 e. The lowest BCUT2D eigenvalue weighted by atomic mass is 9.44. The topological polar surface area (TPSA) is 29.5 Å². The highest BCUT2D eigenvalue weighted by molar-refractivity contribution is 5.78. The summed E-state index contributed by atoms with van der Waals surface area (Å²) in [6.07, 6.45) is 8.60. The Labute approximate surface area is 182 Å². The normalized spacial score (nSPS) is 45.6. The lowest BCUT2D eigenvalue weighted by Gasteiger charge is -2.65. The van der Waals surface area contributed by atoms with Crippen LogP contribution in [0.25, 0.3) is 0 Å². The molecule has 1 aromatic carbocycles. The molecule has 0 aromatic heterocycles. The van der Waals surface area contributed by atoms with Gasteiger partial charge in [0.2, 0.25) is 5.91 Å². The molecule has 30 heavy (non-hydrogen) atoms. The van der Waals surface area contributed by atoms with Crippen molar-refractivity contribution in [3.05, 3.63) is 35.9 Å². The maximum absolute atomic E-state index is 13.0. The van der Waals surface area contributed by atoms with Crippen LogP contribution in [0.1, 0.15) is 71.3 Å². The minimum Gasteiger partial charge on any atom is -0.372 e. The van der Waals surface area contributed by atoms with E-state index >= 15 is 0 Å². The molecular formula is C27H39NO2. The Morgan fingerprint density at radius 1 is 1.10 bits per heavy atom. The molecule has 4 fully saturated rings. The van der Waals surface area contributed by atoms with Gasteiger partial charge in [-0.3, -0.25) is 4.79 Å². The van der Waals surface area contributed by atoms with E-state index in [1.54, 1.807) is 0 Å². The van der Waals surface area contributed by atoms with E-state index in [1.165, 1.54) is 37.7 Å². The van der Waals surface area contributed by atoms with Gasteiger partial charge in [-0.2, -0.15) is 0 Å². The number of likely N-dealkylation sites (tertiary alicyclic amines) is 1. The van der Waals surface area contributed by atoms with Gasteiger partial charge in [0, 0.05) is 18.5 Å². The lowest BCUT2D eigenvalue weighted by Crippen LogP contribution is -2.68. The molecule has 3 unspecified atom stereocenters. The van der Waals surface area contributed by atoms with Gasteiger partial charge in [0.1, 0.15) is 0 Å². The van der Waals surface area contributed by atoms with Crippen molar-refractivity contribution in [3.63, 3.8) is 0 Å². The van der Waals surface area contributed by atoms with Gasteiger partial charge >= 0.3 is 0 Å². The van der Waals surface area contributed by atoms with Crippen molar-refractivity contribution in [2.45, 2.75) is 84.5 Å². The number of nitrogens with zero attached hydrogens (tertiary/aromatic N) is 1. The Balaban J connectivity index is 1.48. The molecule has 1 saturated heterocycles. The first-order valence-electron chi connectivity index (χ1n) is 12.3. The maximum atomic E-state index is 13.0. The second kappa shape index (κ2) is 7.36. The number of piperidine rings is 1. The molecule has 5 rings (SSSR count). The summed E-state index contributed by atoms with van der Waals surface area (Å²) < 4.78 is 6.63. The predicted molar refractivity (Wildman–Crippen MR) is 120 cm³/mol. The molecule has 3 heteroatoms. The minimum absolute atomic E-state index is 0.0252. The zero-order valence-electron chi connectivity index (χ0n) is 19.3. The second-order valence-electron chi connectivity index (χ2n) is 11.5. The fourth-order valence-electron chi connectivity index (χ4n) is 8.45. The summed E-state index contributed by atoms with van der Waals surface area (Å²) in [7, 11) is 2.05. The molecule has 1 aliphatic heterocycles. The number of carbonyl (C=O) groups is 1. The average Bonchev–Trinajstić information content (AvgIpc) is 3.14. The smallest absolute Gasteiger partial charge is 0.225 e. The first-order valence-corrected chi connectivity index (χ1v) is 12.3. The highest BCUT2D eigenvalue weighted by Crippen LogP contribution is 2.66. The van der Waals surface area contributed by atoms with Gasteiger partial charge in [-0.25, -0.2) is 0 Å². The fraction of sp³-hybridized carbons (Fsp3) is 0.741. The molecule has 1 aromatic rings. The zero-order chi connectivity index (χ0) is 21.1. The van der Waals surface area contributed by atoms with Crippen LogP contribution in [0, 0.1) is 34.5 Å². The molecule has 164 valence electrons. The van der Waals surface area contributed by atoms with Crippen LogP contribution in [0.5, 0.6) is 0 Å². The van der Waals surface area contributed by atoms with E-state index in [9.17, 15) is 4.79 Å². The molecule has 0 N–H and O–H groups in total. The van der Waals surface area contributed by atoms with Crippen LogP contribution in [0.3, 0.4) is 0 Å². The Morgan fingerprint density at radius 3 is 2.63 bits per heavy atom. The Kier molecular flexibility index (Phi) is 5.04. The van der Waals surface area contributed by atoms with E-state index in [0.29, 0.717) is 36.3 Å². The standard InChI is InChI=1S/C27H39NO2/c1-18-15-22-27(3,21-12-14-26(2)13-8-11-20(26)25(18)21)23(16-24(29)28(22)4)30-17-19-9-6-5-7-10-19/h5-7,9-10,18,20-23,25H,8,11-17H2,1-4H3/t18?,20-,21+,22?,23?,25-,26-,27+/m0/s1. The predicted octanol–water partition coefficient (Wildman–Crippen LogP) is 5.68. The summed E-state index contributed by atoms with van der Waals surface area (Å²) >= 11 is 0. The van der Waals surface area contributed by atoms with Crippen molar-refractivity contribution in [3.8, 4) is 0 Å². The third-order valence-corrected chi connectivity index (χ3v) is 10.1. The highest BCUT2D eigenvalue weighted by atomic mass is 16.5. The van der Waals surface area contributed by atoms with Crippen molar-refractivity contribution in [2.75, 3.05) is 7.05 Å². The summed E-state index contributed by atoms with van der Waals surface area (Å²) in [6.45, 7) is 8.15. The largest absolute Gasteiger partial charge is 0.372 e. The number of ether oxygens (including phenoxy) is 1. The quantitative estimate of drug-likeness (QED) is 0.643.